The fourth-order valence-electron chi connectivity index (χ4n) is 3.34. The number of benzene rings is 2. The number of anilines is 1. The van der Waals surface area contributed by atoms with Crippen LogP contribution in [0.4, 0.5) is 5.69 Å². The minimum atomic E-state index is -0.626. The van der Waals surface area contributed by atoms with E-state index in [0.29, 0.717) is 30.9 Å². The van der Waals surface area contributed by atoms with Gasteiger partial charge in [0.1, 0.15) is 5.75 Å². The van der Waals surface area contributed by atoms with Crippen molar-refractivity contribution in [3.63, 3.8) is 0 Å². The fraction of sp³-hybridized carbons (Fsp3) is 0.200. The zero-order chi connectivity index (χ0) is 18.1. The predicted molar refractivity (Wildman–Crippen MR) is 99.0 cm³/mol. The van der Waals surface area contributed by atoms with E-state index in [-0.39, 0.29) is 0 Å². The van der Waals surface area contributed by atoms with Crippen molar-refractivity contribution >= 4 is 28.4 Å². The van der Waals surface area contributed by atoms with Crippen LogP contribution < -0.4 is 10.1 Å². The number of aromatic nitrogens is 1. The molecule has 2 N–H and O–H groups in total. The van der Waals surface area contributed by atoms with Gasteiger partial charge in [-0.2, -0.15) is 0 Å². The lowest BCUT2D eigenvalue weighted by Crippen LogP contribution is -2.42. The number of nitrogens with one attached hydrogen (secondary N) is 2. The quantitative estimate of drug-likeness (QED) is 0.699. The number of ether oxygens (including phenoxy) is 1. The molecule has 132 valence electrons. The lowest BCUT2D eigenvalue weighted by molar-refractivity contribution is -0.143. The Hall–Kier alpha value is -3.28. The van der Waals surface area contributed by atoms with Crippen LogP contribution in [0.3, 0.4) is 0 Å². The molecule has 0 fully saturated rings. The predicted octanol–water partition coefficient (Wildman–Crippen LogP) is 2.70. The Morgan fingerprint density at radius 2 is 1.88 bits per heavy atom. The number of nitrogens with zero attached hydrogens (tertiary/aromatic N) is 1. The van der Waals surface area contributed by atoms with Gasteiger partial charge in [0.15, 0.2) is 0 Å². The van der Waals surface area contributed by atoms with Gasteiger partial charge in [0.25, 0.3) is 0 Å². The molecule has 0 unspecified atom stereocenters. The van der Waals surface area contributed by atoms with Crippen LogP contribution in [0.25, 0.3) is 10.9 Å². The second-order valence-corrected chi connectivity index (χ2v) is 6.29. The molecule has 4 rings (SSSR count). The maximum Gasteiger partial charge on any atom is 0.313 e. The molecule has 0 aliphatic carbocycles. The van der Waals surface area contributed by atoms with E-state index in [0.717, 1.165) is 22.2 Å². The van der Waals surface area contributed by atoms with Crippen LogP contribution >= 0.6 is 0 Å². The van der Waals surface area contributed by atoms with Crippen molar-refractivity contribution in [2.75, 3.05) is 19.0 Å². The van der Waals surface area contributed by atoms with Crippen molar-refractivity contribution in [3.8, 4) is 5.75 Å². The number of methoxy groups -OCH3 is 1. The number of carbonyl (C=O) groups excluding carboxylic acids is 2. The molecule has 0 radical (unpaired) electrons. The summed E-state index contributed by atoms with van der Waals surface area (Å²) in [6.45, 7) is 0.961. The van der Waals surface area contributed by atoms with Gasteiger partial charge in [0, 0.05) is 47.4 Å². The van der Waals surface area contributed by atoms with Crippen LogP contribution in [-0.2, 0) is 22.6 Å². The Bertz CT molecular complexity index is 976. The van der Waals surface area contributed by atoms with Crippen LogP contribution in [0.5, 0.6) is 5.75 Å². The summed E-state index contributed by atoms with van der Waals surface area (Å²) in [5.74, 6) is -0.451. The van der Waals surface area contributed by atoms with Gasteiger partial charge in [0.05, 0.1) is 7.11 Å². The topological polar surface area (TPSA) is 74.4 Å². The third-order valence-electron chi connectivity index (χ3n) is 4.71. The number of H-pyrrole nitrogens is 1. The first kappa shape index (κ1) is 16.2. The highest BCUT2D eigenvalue weighted by molar-refractivity contribution is 6.39. The van der Waals surface area contributed by atoms with Gasteiger partial charge >= 0.3 is 11.8 Å². The number of amides is 2. The molecule has 6 heteroatoms. The molecule has 1 aliphatic rings. The smallest absolute Gasteiger partial charge is 0.313 e. The molecule has 6 nitrogen and oxygen atoms in total. The third kappa shape index (κ3) is 2.90. The van der Waals surface area contributed by atoms with Crippen LogP contribution in [0.15, 0.2) is 48.5 Å². The molecule has 0 saturated carbocycles. The maximum atomic E-state index is 12.6. The third-order valence-corrected chi connectivity index (χ3v) is 4.71. The van der Waals surface area contributed by atoms with E-state index < -0.39 is 11.8 Å². The normalized spacial score (nSPS) is 13.3. The summed E-state index contributed by atoms with van der Waals surface area (Å²) in [7, 11) is 1.58. The summed E-state index contributed by atoms with van der Waals surface area (Å²) in [6.07, 6.45) is 0.714. The standard InChI is InChI=1S/C20H19N3O3/c1-26-14-8-6-13(7-9-14)21-19(24)20(25)23-11-10-18-16(12-23)15-4-2-3-5-17(15)22-18/h2-9,22H,10-12H2,1H3,(H,21,24). The van der Waals surface area contributed by atoms with Gasteiger partial charge in [-0.1, -0.05) is 18.2 Å². The van der Waals surface area contributed by atoms with E-state index in [9.17, 15) is 9.59 Å². The second kappa shape index (κ2) is 6.55. The van der Waals surface area contributed by atoms with Crippen molar-refractivity contribution in [1.82, 2.24) is 9.88 Å². The van der Waals surface area contributed by atoms with Gasteiger partial charge in [0.2, 0.25) is 0 Å². The van der Waals surface area contributed by atoms with Crippen LogP contribution in [0.2, 0.25) is 0 Å². The Morgan fingerprint density at radius 3 is 2.65 bits per heavy atom. The summed E-state index contributed by atoms with van der Waals surface area (Å²) < 4.78 is 5.09. The molecular formula is C20H19N3O3. The Labute approximate surface area is 150 Å². The number of hydrogen-bond acceptors (Lipinski definition) is 3. The number of hydrogen-bond donors (Lipinski definition) is 2. The zero-order valence-electron chi connectivity index (χ0n) is 14.4. The molecular weight excluding hydrogens is 330 g/mol. The van der Waals surface area contributed by atoms with Crippen molar-refractivity contribution < 1.29 is 14.3 Å². The Kier molecular flexibility index (Phi) is 4.08. The Morgan fingerprint density at radius 1 is 1.12 bits per heavy atom. The van der Waals surface area contributed by atoms with E-state index >= 15 is 0 Å². The summed E-state index contributed by atoms with van der Waals surface area (Å²) in [5.41, 5.74) is 3.87. The lowest BCUT2D eigenvalue weighted by atomic mass is 10.0. The number of carbonyl (C=O) groups is 2. The molecule has 2 aromatic carbocycles. The summed E-state index contributed by atoms with van der Waals surface area (Å²) in [5, 5.41) is 3.76. The highest BCUT2D eigenvalue weighted by Crippen LogP contribution is 2.27. The average Bonchev–Trinajstić information content (AvgIpc) is 3.06. The maximum absolute atomic E-state index is 12.6. The van der Waals surface area contributed by atoms with Crippen molar-refractivity contribution in [3.05, 3.63) is 59.8 Å². The van der Waals surface area contributed by atoms with Gasteiger partial charge in [-0.05, 0) is 30.3 Å². The van der Waals surface area contributed by atoms with Crippen molar-refractivity contribution in [2.45, 2.75) is 13.0 Å². The van der Waals surface area contributed by atoms with Crippen LogP contribution in [-0.4, -0.2) is 35.4 Å². The molecule has 26 heavy (non-hydrogen) atoms. The molecule has 0 spiro atoms. The van der Waals surface area contributed by atoms with Crippen LogP contribution in [0, 0.1) is 0 Å². The average molecular weight is 349 g/mol. The molecule has 0 bridgehead atoms. The van der Waals surface area contributed by atoms with E-state index in [1.807, 2.05) is 24.3 Å². The SMILES string of the molecule is COc1ccc(NC(=O)C(=O)N2CCc3[nH]c4ccccc4c3C2)cc1. The molecule has 1 aromatic heterocycles. The van der Waals surface area contributed by atoms with Crippen molar-refractivity contribution in [2.24, 2.45) is 0 Å². The number of fused-ring (bicyclic) bond motifs is 3. The summed E-state index contributed by atoms with van der Waals surface area (Å²) in [4.78, 5) is 29.9. The van der Waals surface area contributed by atoms with E-state index in [4.69, 9.17) is 4.74 Å². The number of aromatic amines is 1. The Balaban J connectivity index is 1.49. The van der Waals surface area contributed by atoms with Gasteiger partial charge in [-0.25, -0.2) is 0 Å². The molecule has 1 aliphatic heterocycles. The van der Waals surface area contributed by atoms with E-state index in [1.54, 1.807) is 36.3 Å². The zero-order valence-corrected chi connectivity index (χ0v) is 14.4. The first-order valence-corrected chi connectivity index (χ1v) is 8.48. The monoisotopic (exact) mass is 349 g/mol. The highest BCUT2D eigenvalue weighted by atomic mass is 16.5. The molecule has 3 aromatic rings. The van der Waals surface area contributed by atoms with Gasteiger partial charge in [-0.3, -0.25) is 9.59 Å². The second-order valence-electron chi connectivity index (χ2n) is 6.29. The molecule has 2 amide bonds. The number of para-hydroxylation sites is 1. The number of rotatable bonds is 2. The summed E-state index contributed by atoms with van der Waals surface area (Å²) >= 11 is 0. The largest absolute Gasteiger partial charge is 0.497 e. The van der Waals surface area contributed by atoms with Crippen LogP contribution in [0.1, 0.15) is 11.3 Å². The van der Waals surface area contributed by atoms with E-state index in [2.05, 4.69) is 10.3 Å². The minimum Gasteiger partial charge on any atom is -0.497 e. The van der Waals surface area contributed by atoms with Crippen molar-refractivity contribution in [1.29, 1.82) is 0 Å². The molecule has 2 heterocycles. The van der Waals surface area contributed by atoms with Gasteiger partial charge in [-0.15, -0.1) is 0 Å². The van der Waals surface area contributed by atoms with E-state index in [1.165, 1.54) is 0 Å². The first-order chi connectivity index (χ1) is 12.7. The molecule has 0 atom stereocenters. The first-order valence-electron chi connectivity index (χ1n) is 8.48. The highest BCUT2D eigenvalue weighted by Gasteiger charge is 2.27. The fourth-order valence-corrected chi connectivity index (χ4v) is 3.34. The summed E-state index contributed by atoms with van der Waals surface area (Å²) in [6, 6.07) is 14.9. The molecule has 0 saturated heterocycles. The lowest BCUT2D eigenvalue weighted by Gasteiger charge is -2.26. The minimum absolute atomic E-state index is 0.439. The van der Waals surface area contributed by atoms with Gasteiger partial charge < -0.3 is 19.9 Å².